The Hall–Kier alpha value is -5.75. The Morgan fingerprint density at radius 3 is 2.42 bits per heavy atom. The van der Waals surface area contributed by atoms with Crippen molar-refractivity contribution in [2.45, 2.75) is 40.2 Å². The minimum absolute atomic E-state index is 0.201. The largest absolute Gasteiger partial charge is 0.493 e. The summed E-state index contributed by atoms with van der Waals surface area (Å²) in [6.07, 6.45) is 4.60. The molecule has 0 fully saturated rings. The van der Waals surface area contributed by atoms with E-state index in [1.165, 1.54) is 37.0 Å². The Morgan fingerprint density at radius 1 is 0.980 bits per heavy atom. The van der Waals surface area contributed by atoms with E-state index in [4.69, 9.17) is 24.0 Å². The molecule has 0 N–H and O–H groups in total. The third-order valence-corrected chi connectivity index (χ3v) is 9.13. The number of hydrogen-bond donors (Lipinski definition) is 0. The van der Waals surface area contributed by atoms with Crippen LogP contribution in [0.2, 0.25) is 0 Å². The number of methoxy groups -OCH3 is 2. The highest BCUT2D eigenvalue weighted by Gasteiger charge is 2.34. The maximum absolute atomic E-state index is 14.4. The van der Waals surface area contributed by atoms with Crippen molar-refractivity contribution in [3.63, 3.8) is 0 Å². The van der Waals surface area contributed by atoms with Crippen LogP contribution in [0.5, 0.6) is 17.2 Å². The lowest BCUT2D eigenvalue weighted by Crippen LogP contribution is -2.39. The van der Waals surface area contributed by atoms with E-state index in [1.54, 1.807) is 35.9 Å². The first-order chi connectivity index (χ1) is 24.1. The smallest absolute Gasteiger partial charge is 0.338 e. The molecule has 3 aromatic carbocycles. The molecule has 1 aliphatic heterocycles. The number of thiazole rings is 1. The average molecular weight is 693 g/mol. The summed E-state index contributed by atoms with van der Waals surface area (Å²) >= 11 is 1.21. The van der Waals surface area contributed by atoms with Crippen LogP contribution >= 0.6 is 11.3 Å². The lowest BCUT2D eigenvalue weighted by Gasteiger charge is -2.25. The van der Waals surface area contributed by atoms with Crippen LogP contribution in [0.1, 0.15) is 49.9 Å². The second-order valence-electron chi connectivity index (χ2n) is 11.6. The molecule has 0 saturated heterocycles. The average Bonchev–Trinajstić information content (AvgIpc) is 3.67. The van der Waals surface area contributed by atoms with Gasteiger partial charge in [-0.25, -0.2) is 14.5 Å². The Morgan fingerprint density at radius 2 is 1.74 bits per heavy atom. The normalized spacial score (nSPS) is 14.2. The molecule has 1 atom stereocenters. The van der Waals surface area contributed by atoms with Crippen molar-refractivity contribution in [1.82, 2.24) is 14.3 Å². The van der Waals surface area contributed by atoms with Crippen molar-refractivity contribution in [3.8, 4) is 34.2 Å². The number of fused-ring (bicyclic) bond motifs is 1. The molecular formula is C38H36N4O7S. The number of carbonyl (C=O) groups excluding carboxylic acids is 2. The van der Waals surface area contributed by atoms with Gasteiger partial charge in [-0.2, -0.15) is 5.10 Å². The summed E-state index contributed by atoms with van der Waals surface area (Å²) in [4.78, 5) is 44.4. The Labute approximate surface area is 292 Å². The van der Waals surface area contributed by atoms with Gasteiger partial charge < -0.3 is 18.9 Å². The zero-order valence-corrected chi connectivity index (χ0v) is 29.4. The number of para-hydroxylation sites is 1. The van der Waals surface area contributed by atoms with Crippen LogP contribution in [-0.4, -0.2) is 47.1 Å². The fourth-order valence-corrected chi connectivity index (χ4v) is 6.88. The van der Waals surface area contributed by atoms with Crippen molar-refractivity contribution < 1.29 is 28.5 Å². The molecule has 50 heavy (non-hydrogen) atoms. The highest BCUT2D eigenvalue weighted by Crippen LogP contribution is 2.36. The summed E-state index contributed by atoms with van der Waals surface area (Å²) in [6, 6.07) is 19.7. The highest BCUT2D eigenvalue weighted by atomic mass is 32.1. The van der Waals surface area contributed by atoms with Gasteiger partial charge in [-0.1, -0.05) is 42.5 Å². The number of esters is 2. The monoisotopic (exact) mass is 692 g/mol. The van der Waals surface area contributed by atoms with Crippen LogP contribution in [0.3, 0.4) is 0 Å². The maximum Gasteiger partial charge on any atom is 0.338 e. The van der Waals surface area contributed by atoms with E-state index in [-0.39, 0.29) is 22.6 Å². The number of nitrogens with zero attached hydrogens (tertiary/aromatic N) is 4. The molecular weight excluding hydrogens is 657 g/mol. The lowest BCUT2D eigenvalue weighted by molar-refractivity contribution is -0.136. The Balaban J connectivity index is 1.54. The van der Waals surface area contributed by atoms with E-state index < -0.39 is 18.0 Å². The van der Waals surface area contributed by atoms with Gasteiger partial charge in [0.2, 0.25) is 0 Å². The number of allylic oxidation sites excluding steroid dienone is 1. The zero-order valence-electron chi connectivity index (χ0n) is 28.6. The van der Waals surface area contributed by atoms with Crippen LogP contribution in [-0.2, 0) is 14.3 Å². The first-order valence-corrected chi connectivity index (χ1v) is 16.8. The molecule has 11 nitrogen and oxygen atoms in total. The minimum atomic E-state index is -0.897. The molecule has 1 aliphatic rings. The lowest BCUT2D eigenvalue weighted by atomic mass is 9.95. The van der Waals surface area contributed by atoms with Crippen LogP contribution in [0.4, 0.5) is 0 Å². The Kier molecular flexibility index (Phi) is 9.82. The fraction of sp³-hybridized carbons (Fsp3) is 0.237. The molecule has 5 aromatic rings. The zero-order chi connectivity index (χ0) is 35.5. The molecule has 0 aliphatic carbocycles. The quantitative estimate of drug-likeness (QED) is 0.143. The highest BCUT2D eigenvalue weighted by molar-refractivity contribution is 7.07. The summed E-state index contributed by atoms with van der Waals surface area (Å²) in [5, 5.41) is 4.96. The van der Waals surface area contributed by atoms with Crippen LogP contribution in [0, 0.1) is 6.92 Å². The molecule has 1 unspecified atom stereocenters. The molecule has 2 aromatic heterocycles. The van der Waals surface area contributed by atoms with Gasteiger partial charge in [0.25, 0.3) is 5.56 Å². The second-order valence-corrected chi connectivity index (χ2v) is 12.6. The van der Waals surface area contributed by atoms with E-state index in [0.717, 1.165) is 29.0 Å². The van der Waals surface area contributed by atoms with E-state index in [2.05, 4.69) is 11.9 Å². The summed E-state index contributed by atoms with van der Waals surface area (Å²) in [6.45, 7) is 7.68. The first kappa shape index (κ1) is 34.1. The third kappa shape index (κ3) is 6.61. The fourth-order valence-electron chi connectivity index (χ4n) is 5.84. The van der Waals surface area contributed by atoms with Gasteiger partial charge in [-0.05, 0) is 79.9 Å². The molecule has 256 valence electrons. The number of hydrogen-bond acceptors (Lipinski definition) is 10. The van der Waals surface area contributed by atoms with Crippen LogP contribution < -0.4 is 29.1 Å². The third-order valence-electron chi connectivity index (χ3n) is 8.14. The predicted molar refractivity (Wildman–Crippen MR) is 190 cm³/mol. The van der Waals surface area contributed by atoms with Gasteiger partial charge in [0, 0.05) is 24.2 Å². The number of ether oxygens (including phenoxy) is 4. The van der Waals surface area contributed by atoms with Crippen molar-refractivity contribution in [1.29, 1.82) is 0 Å². The number of aryl methyl sites for hydroxylation is 1. The van der Waals surface area contributed by atoms with Crippen molar-refractivity contribution >= 4 is 29.4 Å². The predicted octanol–water partition coefficient (Wildman–Crippen LogP) is 5.29. The van der Waals surface area contributed by atoms with Gasteiger partial charge >= 0.3 is 11.9 Å². The molecule has 0 radical (unpaired) electrons. The summed E-state index contributed by atoms with van der Waals surface area (Å²) in [5.74, 6) is 0.141. The van der Waals surface area contributed by atoms with Crippen molar-refractivity contribution in [2.75, 3.05) is 20.8 Å². The number of aromatic nitrogens is 3. The van der Waals surface area contributed by atoms with E-state index in [9.17, 15) is 14.4 Å². The molecule has 12 heteroatoms. The number of rotatable bonds is 10. The van der Waals surface area contributed by atoms with E-state index >= 15 is 0 Å². The molecule has 0 spiro atoms. The standard InChI is InChI=1S/C38H36N4O7S/c1-7-17-48-29-15-13-25(18-22(29)2)34-27(21-41(40-34)28-11-9-8-10-12-28)20-32-36(44)42-35(33(37(45)47-6)23(3)39-38(42)50-32)26-14-16-30(49-24(4)43)31(19-26)46-5/h8-16,18-21,35H,7,17H2,1-6H3. The number of carbonyl (C=O) groups is 2. The molecule has 0 saturated carbocycles. The van der Waals surface area contributed by atoms with Crippen LogP contribution in [0.15, 0.2) is 94.0 Å². The molecule has 0 bridgehead atoms. The molecule has 0 amide bonds. The van der Waals surface area contributed by atoms with Gasteiger partial charge in [0.15, 0.2) is 16.3 Å². The summed E-state index contributed by atoms with van der Waals surface area (Å²) < 4.78 is 25.6. The SMILES string of the molecule is CCCOc1ccc(-c2nn(-c3ccccc3)cc2C=c2sc3n(c2=O)C(c2ccc(OC(C)=O)c(OC)c2)C(C(=O)OC)=C(C)N=3)cc1C. The minimum Gasteiger partial charge on any atom is -0.493 e. The summed E-state index contributed by atoms with van der Waals surface area (Å²) in [7, 11) is 2.73. The maximum atomic E-state index is 14.4. The summed E-state index contributed by atoms with van der Waals surface area (Å²) in [5.41, 5.74) is 4.89. The van der Waals surface area contributed by atoms with Gasteiger partial charge in [0.05, 0.1) is 48.4 Å². The molecule has 3 heterocycles. The Bertz CT molecular complexity index is 2320. The van der Waals surface area contributed by atoms with Crippen LogP contribution in [0.25, 0.3) is 23.0 Å². The van der Waals surface area contributed by atoms with E-state index in [0.29, 0.717) is 38.5 Å². The second kappa shape index (κ2) is 14.4. The topological polar surface area (TPSA) is 123 Å². The van der Waals surface area contributed by atoms with Gasteiger partial charge in [-0.15, -0.1) is 0 Å². The van der Waals surface area contributed by atoms with Gasteiger partial charge in [-0.3, -0.25) is 14.2 Å². The molecule has 6 rings (SSSR count). The van der Waals surface area contributed by atoms with E-state index in [1.807, 2.05) is 61.7 Å². The number of benzene rings is 3. The van der Waals surface area contributed by atoms with Crippen molar-refractivity contribution in [2.24, 2.45) is 4.99 Å². The van der Waals surface area contributed by atoms with Crippen molar-refractivity contribution in [3.05, 3.63) is 121 Å². The first-order valence-electron chi connectivity index (χ1n) is 16.0. The van der Waals surface area contributed by atoms with Gasteiger partial charge in [0.1, 0.15) is 11.4 Å².